The molecule has 0 fully saturated rings. The topological polar surface area (TPSA) is 113 Å². The SMILES string of the molecule is O=C(O)COc1cccc(S(=O)(=O)c2ccccc2CCNC[C@@H](O)c2cccc(Cl)c2)c1. The number of rotatable bonds is 11. The van der Waals surface area contributed by atoms with Gasteiger partial charge in [0.1, 0.15) is 5.75 Å². The maximum absolute atomic E-state index is 13.3. The molecule has 1 atom stereocenters. The summed E-state index contributed by atoms with van der Waals surface area (Å²) in [5, 5.41) is 22.8. The monoisotopic (exact) mass is 489 g/mol. The van der Waals surface area contributed by atoms with Crippen molar-refractivity contribution in [2.75, 3.05) is 19.7 Å². The molecule has 0 bridgehead atoms. The summed E-state index contributed by atoms with van der Waals surface area (Å²) in [6.07, 6.45) is -0.316. The molecule has 3 N–H and O–H groups in total. The summed E-state index contributed by atoms with van der Waals surface area (Å²) in [4.78, 5) is 10.9. The van der Waals surface area contributed by atoms with E-state index in [-0.39, 0.29) is 22.1 Å². The molecule has 0 unspecified atom stereocenters. The molecule has 3 aromatic carbocycles. The summed E-state index contributed by atoms with van der Waals surface area (Å²) in [5.74, 6) is -0.991. The lowest BCUT2D eigenvalue weighted by atomic mass is 10.1. The van der Waals surface area contributed by atoms with Crippen LogP contribution >= 0.6 is 11.6 Å². The van der Waals surface area contributed by atoms with Crippen LogP contribution in [0.4, 0.5) is 0 Å². The molecule has 0 radical (unpaired) electrons. The van der Waals surface area contributed by atoms with Crippen molar-refractivity contribution in [2.45, 2.75) is 22.3 Å². The van der Waals surface area contributed by atoms with Crippen molar-refractivity contribution >= 4 is 27.4 Å². The maximum atomic E-state index is 13.3. The number of hydrogen-bond acceptors (Lipinski definition) is 6. The Bertz CT molecular complexity index is 1210. The van der Waals surface area contributed by atoms with Crippen LogP contribution in [0.15, 0.2) is 82.6 Å². The minimum atomic E-state index is -3.85. The second kappa shape index (κ2) is 11.3. The number of carboxylic acid groups (broad SMARTS) is 1. The number of hydrogen-bond donors (Lipinski definition) is 3. The number of ether oxygens (including phenoxy) is 1. The van der Waals surface area contributed by atoms with E-state index >= 15 is 0 Å². The lowest BCUT2D eigenvalue weighted by Gasteiger charge is -2.14. The second-order valence-electron chi connectivity index (χ2n) is 7.29. The fourth-order valence-corrected chi connectivity index (χ4v) is 5.02. The van der Waals surface area contributed by atoms with Gasteiger partial charge in [0, 0.05) is 11.6 Å². The molecule has 3 aromatic rings. The zero-order chi connectivity index (χ0) is 23.8. The predicted octanol–water partition coefficient (Wildman–Crippen LogP) is 3.50. The highest BCUT2D eigenvalue weighted by atomic mass is 35.5. The quantitative estimate of drug-likeness (QED) is 0.353. The molecule has 0 aliphatic rings. The molecule has 0 aromatic heterocycles. The molecule has 0 amide bonds. The maximum Gasteiger partial charge on any atom is 0.341 e. The van der Waals surface area contributed by atoms with Crippen molar-refractivity contribution in [1.29, 1.82) is 0 Å². The summed E-state index contributed by atoms with van der Waals surface area (Å²) in [5.41, 5.74) is 1.32. The van der Waals surface area contributed by atoms with Crippen molar-refractivity contribution in [3.05, 3.63) is 88.9 Å². The summed E-state index contributed by atoms with van der Waals surface area (Å²) >= 11 is 5.96. The molecule has 33 heavy (non-hydrogen) atoms. The van der Waals surface area contributed by atoms with E-state index in [4.69, 9.17) is 21.4 Å². The molecule has 9 heteroatoms. The number of aliphatic hydroxyl groups excluding tert-OH is 1. The van der Waals surface area contributed by atoms with Crippen molar-refractivity contribution in [3.63, 3.8) is 0 Å². The Morgan fingerprint density at radius 1 is 1.03 bits per heavy atom. The standard InChI is InChI=1S/C24H24ClNO6S/c25-19-7-3-6-18(13-19)22(27)15-26-12-11-17-5-1-2-10-23(17)33(30,31)21-9-4-8-20(14-21)32-16-24(28)29/h1-10,13-14,22,26-27H,11-12,15-16H2,(H,28,29)/t22-/m1/s1. The van der Waals surface area contributed by atoms with Crippen LogP contribution in [0.3, 0.4) is 0 Å². The Balaban J connectivity index is 1.68. The van der Waals surface area contributed by atoms with Gasteiger partial charge >= 0.3 is 5.97 Å². The largest absolute Gasteiger partial charge is 0.482 e. The third kappa shape index (κ3) is 6.79. The fraction of sp³-hybridized carbons (Fsp3) is 0.208. The van der Waals surface area contributed by atoms with Crippen LogP contribution in [0, 0.1) is 0 Å². The lowest BCUT2D eigenvalue weighted by Crippen LogP contribution is -2.24. The van der Waals surface area contributed by atoms with Crippen LogP contribution in [-0.2, 0) is 21.1 Å². The third-order valence-electron chi connectivity index (χ3n) is 4.88. The Hall–Kier alpha value is -2.91. The van der Waals surface area contributed by atoms with E-state index < -0.39 is 28.5 Å². The molecule has 0 spiro atoms. The molecular weight excluding hydrogens is 466 g/mol. The van der Waals surface area contributed by atoms with E-state index in [2.05, 4.69) is 5.32 Å². The van der Waals surface area contributed by atoms with Crippen LogP contribution in [0.1, 0.15) is 17.2 Å². The number of aliphatic carboxylic acids is 1. The number of carbonyl (C=O) groups is 1. The Morgan fingerprint density at radius 2 is 1.79 bits per heavy atom. The molecule has 7 nitrogen and oxygen atoms in total. The van der Waals surface area contributed by atoms with Gasteiger partial charge < -0.3 is 20.3 Å². The van der Waals surface area contributed by atoms with Crippen molar-refractivity contribution in [1.82, 2.24) is 5.32 Å². The highest BCUT2D eigenvalue weighted by molar-refractivity contribution is 7.91. The van der Waals surface area contributed by atoms with Gasteiger partial charge in [-0.15, -0.1) is 0 Å². The van der Waals surface area contributed by atoms with Crippen molar-refractivity contribution < 1.29 is 28.2 Å². The molecule has 0 heterocycles. The van der Waals surface area contributed by atoms with Crippen LogP contribution < -0.4 is 10.1 Å². The normalized spacial score (nSPS) is 12.3. The van der Waals surface area contributed by atoms with E-state index in [9.17, 15) is 18.3 Å². The molecule has 3 rings (SSSR count). The molecule has 0 aliphatic heterocycles. The smallest absolute Gasteiger partial charge is 0.341 e. The first-order valence-electron chi connectivity index (χ1n) is 10.2. The van der Waals surface area contributed by atoms with Gasteiger partial charge in [0.05, 0.1) is 15.9 Å². The van der Waals surface area contributed by atoms with Crippen LogP contribution in [0.5, 0.6) is 5.75 Å². The third-order valence-corrected chi connectivity index (χ3v) is 6.97. The van der Waals surface area contributed by atoms with Crippen LogP contribution in [-0.4, -0.2) is 44.3 Å². The van der Waals surface area contributed by atoms with Gasteiger partial charge in [-0.1, -0.05) is 48.0 Å². The van der Waals surface area contributed by atoms with Gasteiger partial charge in [0.15, 0.2) is 6.61 Å². The van der Waals surface area contributed by atoms with Gasteiger partial charge in [-0.05, 0) is 60.5 Å². The second-order valence-corrected chi connectivity index (χ2v) is 9.65. The van der Waals surface area contributed by atoms with Gasteiger partial charge in [-0.3, -0.25) is 0 Å². The molecule has 0 saturated carbocycles. The number of aliphatic hydroxyl groups is 1. The highest BCUT2D eigenvalue weighted by Gasteiger charge is 2.21. The minimum absolute atomic E-state index is 0.0159. The van der Waals surface area contributed by atoms with Gasteiger partial charge in [-0.2, -0.15) is 0 Å². The van der Waals surface area contributed by atoms with Crippen LogP contribution in [0.25, 0.3) is 0 Å². The summed E-state index contributed by atoms with van der Waals surface area (Å²) in [7, 11) is -3.85. The number of sulfone groups is 1. The number of benzene rings is 3. The molecule has 0 saturated heterocycles. The van der Waals surface area contributed by atoms with E-state index in [0.29, 0.717) is 29.1 Å². The van der Waals surface area contributed by atoms with Crippen LogP contribution in [0.2, 0.25) is 5.02 Å². The average molecular weight is 490 g/mol. The first kappa shape index (κ1) is 24.7. The summed E-state index contributed by atoms with van der Waals surface area (Å²) < 4.78 is 31.6. The van der Waals surface area contributed by atoms with Crippen molar-refractivity contribution in [2.24, 2.45) is 0 Å². The van der Waals surface area contributed by atoms with E-state index in [1.165, 1.54) is 30.3 Å². The van der Waals surface area contributed by atoms with E-state index in [1.54, 1.807) is 42.5 Å². The first-order chi connectivity index (χ1) is 15.8. The van der Waals surface area contributed by atoms with Crippen molar-refractivity contribution in [3.8, 4) is 5.75 Å². The van der Waals surface area contributed by atoms with E-state index in [1.807, 2.05) is 0 Å². The zero-order valence-corrected chi connectivity index (χ0v) is 19.2. The molecule has 174 valence electrons. The fourth-order valence-electron chi connectivity index (χ4n) is 3.27. The first-order valence-corrected chi connectivity index (χ1v) is 12.1. The van der Waals surface area contributed by atoms with E-state index in [0.717, 1.165) is 0 Å². The number of nitrogens with one attached hydrogen (secondary N) is 1. The Kier molecular flexibility index (Phi) is 8.46. The minimum Gasteiger partial charge on any atom is -0.482 e. The number of carboxylic acids is 1. The summed E-state index contributed by atoms with van der Waals surface area (Å²) in [6, 6.07) is 19.4. The van der Waals surface area contributed by atoms with Gasteiger partial charge in [0.2, 0.25) is 9.84 Å². The Labute approximate surface area is 197 Å². The lowest BCUT2D eigenvalue weighted by molar-refractivity contribution is -0.139. The molecular formula is C24H24ClNO6S. The molecule has 0 aliphatic carbocycles. The van der Waals surface area contributed by atoms with Gasteiger partial charge in [0.25, 0.3) is 0 Å². The average Bonchev–Trinajstić information content (AvgIpc) is 2.80. The predicted molar refractivity (Wildman–Crippen MR) is 124 cm³/mol. The van der Waals surface area contributed by atoms with Gasteiger partial charge in [-0.25, -0.2) is 13.2 Å². The highest BCUT2D eigenvalue weighted by Crippen LogP contribution is 2.27. The summed E-state index contributed by atoms with van der Waals surface area (Å²) in [6.45, 7) is 0.178. The number of halogens is 1. The zero-order valence-electron chi connectivity index (χ0n) is 17.6. The Morgan fingerprint density at radius 3 is 2.55 bits per heavy atom.